The molecule has 0 radical (unpaired) electrons. The quantitative estimate of drug-likeness (QED) is 0.545. The fraction of sp³-hybridized carbons (Fsp3) is 0.167. The van der Waals surface area contributed by atoms with E-state index in [0.29, 0.717) is 10.3 Å². The highest BCUT2D eigenvalue weighted by Gasteiger charge is 2.20. The number of nitrogens with zero attached hydrogens (tertiary/aromatic N) is 2. The normalized spacial score (nSPS) is 11.0. The highest BCUT2D eigenvalue weighted by Crippen LogP contribution is 2.39. The Hall–Kier alpha value is -1.92. The van der Waals surface area contributed by atoms with Crippen LogP contribution in [0.4, 0.5) is 20.3 Å². The number of hydrogen-bond acceptors (Lipinski definition) is 2. The van der Waals surface area contributed by atoms with Crippen LogP contribution in [-0.2, 0) is 7.05 Å². The Morgan fingerprint density at radius 3 is 2.52 bits per heavy atom. The first-order valence-electron chi connectivity index (χ1n) is 7.49. The molecule has 0 aliphatic heterocycles. The Morgan fingerprint density at radius 2 is 1.88 bits per heavy atom. The molecule has 0 spiro atoms. The summed E-state index contributed by atoms with van der Waals surface area (Å²) < 4.78 is 30.0. The van der Waals surface area contributed by atoms with Gasteiger partial charge in [0.1, 0.15) is 17.5 Å². The van der Waals surface area contributed by atoms with Gasteiger partial charge in [0.25, 0.3) is 0 Å². The van der Waals surface area contributed by atoms with Gasteiger partial charge in [-0.25, -0.2) is 8.78 Å². The highest BCUT2D eigenvalue weighted by molar-refractivity contribution is 9.10. The smallest absolute Gasteiger partial charge is 0.148 e. The van der Waals surface area contributed by atoms with Crippen molar-refractivity contribution in [3.63, 3.8) is 0 Å². The third kappa shape index (κ3) is 3.41. The summed E-state index contributed by atoms with van der Waals surface area (Å²) in [5, 5.41) is 7.72. The van der Waals surface area contributed by atoms with Crippen molar-refractivity contribution in [1.82, 2.24) is 9.78 Å². The molecule has 0 aliphatic carbocycles. The molecular formula is C18H15BrClF2N3. The zero-order chi connectivity index (χ0) is 18.3. The maximum Gasteiger partial charge on any atom is 0.148 e. The summed E-state index contributed by atoms with van der Waals surface area (Å²) in [5.74, 6) is -0.235. The molecule has 0 bridgehead atoms. The third-order valence-electron chi connectivity index (χ3n) is 3.85. The molecule has 2 aromatic carbocycles. The molecule has 0 fully saturated rings. The van der Waals surface area contributed by atoms with Crippen molar-refractivity contribution < 1.29 is 8.78 Å². The molecule has 1 heterocycles. The summed E-state index contributed by atoms with van der Waals surface area (Å²) in [6, 6.07) is 7.50. The Bertz CT molecular complexity index is 946. The van der Waals surface area contributed by atoms with Crippen molar-refractivity contribution in [1.29, 1.82) is 0 Å². The summed E-state index contributed by atoms with van der Waals surface area (Å²) in [6.07, 6.45) is 0. The second-order valence-corrected chi connectivity index (χ2v) is 7.05. The lowest BCUT2D eigenvalue weighted by Gasteiger charge is -2.14. The van der Waals surface area contributed by atoms with E-state index in [4.69, 9.17) is 11.6 Å². The summed E-state index contributed by atoms with van der Waals surface area (Å²) in [5.41, 5.74) is 3.12. The number of halogens is 4. The minimum Gasteiger partial charge on any atom is -0.336 e. The predicted octanol–water partition coefficient (Wildman–Crippen LogP) is 6.14. The van der Waals surface area contributed by atoms with Gasteiger partial charge >= 0.3 is 0 Å². The van der Waals surface area contributed by atoms with E-state index >= 15 is 0 Å². The van der Waals surface area contributed by atoms with Gasteiger partial charge in [0.15, 0.2) is 0 Å². The third-order valence-corrected chi connectivity index (χ3v) is 4.81. The van der Waals surface area contributed by atoms with Crippen LogP contribution in [0, 0.1) is 25.5 Å². The van der Waals surface area contributed by atoms with Gasteiger partial charge in [-0.2, -0.15) is 5.10 Å². The Morgan fingerprint density at radius 1 is 1.16 bits per heavy atom. The number of rotatable bonds is 3. The molecule has 25 heavy (non-hydrogen) atoms. The molecule has 1 N–H and O–H groups in total. The molecule has 130 valence electrons. The van der Waals surface area contributed by atoms with E-state index < -0.39 is 5.82 Å². The monoisotopic (exact) mass is 425 g/mol. The molecule has 0 aliphatic rings. The van der Waals surface area contributed by atoms with E-state index in [1.165, 1.54) is 18.2 Å². The fourth-order valence-electron chi connectivity index (χ4n) is 2.75. The molecule has 0 saturated carbocycles. The van der Waals surface area contributed by atoms with Gasteiger partial charge in [0, 0.05) is 22.6 Å². The average Bonchev–Trinajstić information content (AvgIpc) is 2.77. The van der Waals surface area contributed by atoms with E-state index in [9.17, 15) is 8.78 Å². The van der Waals surface area contributed by atoms with Gasteiger partial charge in [-0.15, -0.1) is 0 Å². The lowest BCUT2D eigenvalue weighted by molar-refractivity contribution is 0.627. The summed E-state index contributed by atoms with van der Waals surface area (Å²) in [7, 11) is 1.75. The first kappa shape index (κ1) is 17.9. The van der Waals surface area contributed by atoms with Crippen molar-refractivity contribution in [2.75, 3.05) is 5.32 Å². The molecule has 3 rings (SSSR count). The molecule has 1 aromatic heterocycles. The second-order valence-electron chi connectivity index (χ2n) is 5.79. The van der Waals surface area contributed by atoms with Crippen LogP contribution in [0.15, 0.2) is 34.8 Å². The lowest BCUT2D eigenvalue weighted by atomic mass is 10.1. The SMILES string of the molecule is Cc1cc(F)c(Nc2c(-c3ccc(F)cc3Br)c(C)nn2C)c(Cl)c1. The van der Waals surface area contributed by atoms with E-state index in [-0.39, 0.29) is 16.5 Å². The largest absolute Gasteiger partial charge is 0.336 e. The van der Waals surface area contributed by atoms with Crippen LogP contribution < -0.4 is 5.32 Å². The molecule has 3 nitrogen and oxygen atoms in total. The van der Waals surface area contributed by atoms with Gasteiger partial charge < -0.3 is 5.32 Å². The number of aromatic nitrogens is 2. The zero-order valence-electron chi connectivity index (χ0n) is 13.8. The summed E-state index contributed by atoms with van der Waals surface area (Å²) in [4.78, 5) is 0. The number of aryl methyl sites for hydroxylation is 3. The van der Waals surface area contributed by atoms with Gasteiger partial charge in [-0.05, 0) is 43.7 Å². The van der Waals surface area contributed by atoms with Crippen LogP contribution in [0.25, 0.3) is 11.1 Å². The summed E-state index contributed by atoms with van der Waals surface area (Å²) >= 11 is 9.58. The molecule has 0 saturated heterocycles. The molecule has 7 heteroatoms. The maximum atomic E-state index is 14.4. The molecule has 3 aromatic rings. The Labute approximate surface area is 157 Å². The summed E-state index contributed by atoms with van der Waals surface area (Å²) in [6.45, 7) is 3.61. The minimum atomic E-state index is -0.451. The fourth-order valence-corrected chi connectivity index (χ4v) is 3.61. The van der Waals surface area contributed by atoms with Gasteiger partial charge in [0.2, 0.25) is 0 Å². The van der Waals surface area contributed by atoms with E-state index in [0.717, 1.165) is 22.4 Å². The lowest BCUT2D eigenvalue weighted by Crippen LogP contribution is -2.03. The van der Waals surface area contributed by atoms with Crippen LogP contribution in [0.2, 0.25) is 5.02 Å². The van der Waals surface area contributed by atoms with Crippen LogP contribution in [0.5, 0.6) is 0 Å². The first-order chi connectivity index (χ1) is 11.8. The predicted molar refractivity (Wildman–Crippen MR) is 100 cm³/mol. The van der Waals surface area contributed by atoms with Crippen LogP contribution >= 0.6 is 27.5 Å². The van der Waals surface area contributed by atoms with E-state index in [1.54, 1.807) is 30.8 Å². The number of benzene rings is 2. The van der Waals surface area contributed by atoms with E-state index in [1.807, 2.05) is 6.92 Å². The highest BCUT2D eigenvalue weighted by atomic mass is 79.9. The van der Waals surface area contributed by atoms with Crippen molar-refractivity contribution in [2.45, 2.75) is 13.8 Å². The van der Waals surface area contributed by atoms with Gasteiger partial charge in [-0.1, -0.05) is 33.6 Å². The van der Waals surface area contributed by atoms with E-state index in [2.05, 4.69) is 26.3 Å². The average molecular weight is 427 g/mol. The topological polar surface area (TPSA) is 29.9 Å². The van der Waals surface area contributed by atoms with Crippen LogP contribution in [0.1, 0.15) is 11.3 Å². The van der Waals surface area contributed by atoms with Gasteiger partial charge in [-0.3, -0.25) is 4.68 Å². The van der Waals surface area contributed by atoms with Crippen LogP contribution in [-0.4, -0.2) is 9.78 Å². The Kier molecular flexibility index (Phi) is 4.84. The number of anilines is 2. The molecule has 0 amide bonds. The first-order valence-corrected chi connectivity index (χ1v) is 8.66. The zero-order valence-corrected chi connectivity index (χ0v) is 16.1. The van der Waals surface area contributed by atoms with Crippen molar-refractivity contribution >= 4 is 39.0 Å². The van der Waals surface area contributed by atoms with Crippen molar-refractivity contribution in [3.05, 3.63) is 62.7 Å². The number of hydrogen-bond donors (Lipinski definition) is 1. The second kappa shape index (κ2) is 6.77. The molecule has 0 unspecified atom stereocenters. The van der Waals surface area contributed by atoms with Crippen LogP contribution in [0.3, 0.4) is 0 Å². The van der Waals surface area contributed by atoms with Gasteiger partial charge in [0.05, 0.1) is 16.4 Å². The minimum absolute atomic E-state index is 0.176. The molecule has 0 atom stereocenters. The van der Waals surface area contributed by atoms with Crippen molar-refractivity contribution in [3.8, 4) is 11.1 Å². The number of nitrogens with one attached hydrogen (secondary N) is 1. The maximum absolute atomic E-state index is 14.4. The molecular weight excluding hydrogens is 412 g/mol. The Balaban J connectivity index is 2.16. The van der Waals surface area contributed by atoms with Crippen molar-refractivity contribution in [2.24, 2.45) is 7.05 Å². The standard InChI is InChI=1S/C18H15BrClF2N3/c1-9-6-14(20)17(15(22)7-9)23-18-16(10(2)24-25(18)3)12-5-4-11(21)8-13(12)19/h4-8,23H,1-3H3.